The molecule has 0 aliphatic carbocycles. The van der Waals surface area contributed by atoms with Gasteiger partial charge in [0.2, 0.25) is 0 Å². The number of benzene rings is 2. The van der Waals surface area contributed by atoms with E-state index in [9.17, 15) is 9.59 Å². The van der Waals surface area contributed by atoms with Gasteiger partial charge in [-0.3, -0.25) is 4.79 Å². The van der Waals surface area contributed by atoms with Crippen LogP contribution < -0.4 is 4.74 Å². The molecule has 0 amide bonds. The molecule has 27 heavy (non-hydrogen) atoms. The third-order valence-electron chi connectivity index (χ3n) is 4.24. The van der Waals surface area contributed by atoms with E-state index in [0.29, 0.717) is 25.2 Å². The van der Waals surface area contributed by atoms with E-state index < -0.39 is 11.6 Å². The summed E-state index contributed by atoms with van der Waals surface area (Å²) >= 11 is 0. The molecule has 1 atom stereocenters. The van der Waals surface area contributed by atoms with E-state index in [-0.39, 0.29) is 11.9 Å². The zero-order chi connectivity index (χ0) is 19.9. The minimum atomic E-state index is -1.30. The second kappa shape index (κ2) is 9.21. The van der Waals surface area contributed by atoms with Crippen molar-refractivity contribution in [2.45, 2.75) is 39.2 Å². The first-order chi connectivity index (χ1) is 12.8. The van der Waals surface area contributed by atoms with Crippen molar-refractivity contribution in [3.8, 4) is 5.75 Å². The minimum Gasteiger partial charge on any atom is -0.478 e. The fourth-order valence-corrected chi connectivity index (χ4v) is 2.71. The first-order valence-electron chi connectivity index (χ1n) is 9.03. The van der Waals surface area contributed by atoms with Crippen LogP contribution in [-0.2, 0) is 27.2 Å². The molecule has 2 rings (SSSR count). The summed E-state index contributed by atoms with van der Waals surface area (Å²) in [5.74, 6) is -1.05. The highest BCUT2D eigenvalue weighted by molar-refractivity contribution is 5.76. The number of hydrogen-bond acceptors (Lipinski definition) is 4. The summed E-state index contributed by atoms with van der Waals surface area (Å²) in [6, 6.07) is 17.0. The Morgan fingerprint density at radius 3 is 2.04 bits per heavy atom. The lowest BCUT2D eigenvalue weighted by molar-refractivity contribution is -0.152. The van der Waals surface area contributed by atoms with E-state index in [4.69, 9.17) is 14.6 Å². The van der Waals surface area contributed by atoms with Gasteiger partial charge in [0.1, 0.15) is 5.75 Å². The Morgan fingerprint density at radius 2 is 1.52 bits per heavy atom. The van der Waals surface area contributed by atoms with Crippen LogP contribution in [0.1, 0.15) is 31.9 Å². The molecule has 144 valence electrons. The van der Waals surface area contributed by atoms with Gasteiger partial charge in [0.05, 0.1) is 12.5 Å². The molecule has 0 spiro atoms. The first-order valence-corrected chi connectivity index (χ1v) is 9.03. The van der Waals surface area contributed by atoms with Crippen molar-refractivity contribution in [2.24, 2.45) is 5.92 Å². The van der Waals surface area contributed by atoms with Gasteiger partial charge in [0.25, 0.3) is 0 Å². The average Bonchev–Trinajstić information content (AvgIpc) is 2.63. The predicted octanol–water partition coefficient (Wildman–Crippen LogP) is 3.89. The molecule has 0 bridgehead atoms. The van der Waals surface area contributed by atoms with Crippen LogP contribution in [0, 0.1) is 5.92 Å². The van der Waals surface area contributed by atoms with Crippen molar-refractivity contribution in [1.82, 2.24) is 0 Å². The van der Waals surface area contributed by atoms with Crippen molar-refractivity contribution >= 4 is 11.9 Å². The number of esters is 1. The largest absolute Gasteiger partial charge is 0.478 e. The second-order valence-electron chi connectivity index (χ2n) is 6.90. The van der Waals surface area contributed by atoms with Gasteiger partial charge in [-0.2, -0.15) is 0 Å². The van der Waals surface area contributed by atoms with Gasteiger partial charge in [0.15, 0.2) is 5.60 Å². The van der Waals surface area contributed by atoms with Crippen LogP contribution in [0.5, 0.6) is 5.75 Å². The number of carbonyl (C=O) groups excluding carboxylic acids is 1. The Labute approximate surface area is 159 Å². The highest BCUT2D eigenvalue weighted by atomic mass is 16.5. The van der Waals surface area contributed by atoms with Gasteiger partial charge in [-0.1, -0.05) is 42.5 Å². The minimum absolute atomic E-state index is 0.214. The van der Waals surface area contributed by atoms with Gasteiger partial charge in [-0.15, -0.1) is 0 Å². The zero-order valence-corrected chi connectivity index (χ0v) is 16.0. The summed E-state index contributed by atoms with van der Waals surface area (Å²) in [5.41, 5.74) is 0.741. The SMILES string of the molecule is CCOC(=O)C(Cc1ccccc1)Cc1ccc(OC(C)(C)C(=O)O)cc1. The van der Waals surface area contributed by atoms with Gasteiger partial charge in [-0.05, 0) is 56.9 Å². The summed E-state index contributed by atoms with van der Waals surface area (Å²) in [5, 5.41) is 9.15. The Hall–Kier alpha value is -2.82. The van der Waals surface area contributed by atoms with Crippen LogP contribution in [0.3, 0.4) is 0 Å². The summed E-state index contributed by atoms with van der Waals surface area (Å²) < 4.78 is 10.7. The molecule has 0 fully saturated rings. The third kappa shape index (κ3) is 6.13. The van der Waals surface area contributed by atoms with Crippen molar-refractivity contribution in [1.29, 1.82) is 0 Å². The lowest BCUT2D eigenvalue weighted by atomic mass is 9.92. The summed E-state index contributed by atoms with van der Waals surface area (Å²) in [7, 11) is 0. The normalized spacial score (nSPS) is 12.3. The quantitative estimate of drug-likeness (QED) is 0.678. The van der Waals surface area contributed by atoms with E-state index >= 15 is 0 Å². The number of carbonyl (C=O) groups is 2. The van der Waals surface area contributed by atoms with Crippen LogP contribution in [0.2, 0.25) is 0 Å². The number of ether oxygens (including phenoxy) is 2. The molecule has 1 unspecified atom stereocenters. The highest BCUT2D eigenvalue weighted by Crippen LogP contribution is 2.22. The van der Waals surface area contributed by atoms with Crippen molar-refractivity contribution in [2.75, 3.05) is 6.61 Å². The fourth-order valence-electron chi connectivity index (χ4n) is 2.71. The van der Waals surface area contributed by atoms with Gasteiger partial charge >= 0.3 is 11.9 Å². The van der Waals surface area contributed by atoms with E-state index in [0.717, 1.165) is 11.1 Å². The first kappa shape index (κ1) is 20.5. The Balaban J connectivity index is 2.10. The lowest BCUT2D eigenvalue weighted by Gasteiger charge is -2.21. The van der Waals surface area contributed by atoms with Crippen LogP contribution >= 0.6 is 0 Å². The molecule has 0 aliphatic rings. The molecule has 0 radical (unpaired) electrons. The van der Waals surface area contributed by atoms with Crippen LogP contribution in [0.4, 0.5) is 0 Å². The molecule has 1 N–H and O–H groups in total. The molecule has 2 aromatic carbocycles. The van der Waals surface area contributed by atoms with Crippen molar-refractivity contribution in [3.05, 3.63) is 65.7 Å². The highest BCUT2D eigenvalue weighted by Gasteiger charge is 2.29. The number of aliphatic carboxylic acids is 1. The number of carboxylic acids is 1. The van der Waals surface area contributed by atoms with Crippen LogP contribution in [0.25, 0.3) is 0 Å². The predicted molar refractivity (Wildman–Crippen MR) is 103 cm³/mol. The van der Waals surface area contributed by atoms with Gasteiger partial charge in [-0.25, -0.2) is 4.79 Å². The standard InChI is InChI=1S/C22H26O5/c1-4-26-20(23)18(14-16-8-6-5-7-9-16)15-17-10-12-19(13-11-17)27-22(2,3)21(24)25/h5-13,18H,4,14-15H2,1-3H3,(H,24,25). The topological polar surface area (TPSA) is 72.8 Å². The van der Waals surface area contributed by atoms with E-state index in [2.05, 4.69) is 0 Å². The third-order valence-corrected chi connectivity index (χ3v) is 4.24. The van der Waals surface area contributed by atoms with Gasteiger partial charge in [0, 0.05) is 0 Å². The van der Waals surface area contributed by atoms with E-state index in [1.165, 1.54) is 13.8 Å². The van der Waals surface area contributed by atoms with E-state index in [1.807, 2.05) is 42.5 Å². The summed E-state index contributed by atoms with van der Waals surface area (Å²) in [4.78, 5) is 23.5. The Morgan fingerprint density at radius 1 is 0.963 bits per heavy atom. The zero-order valence-electron chi connectivity index (χ0n) is 16.0. The maximum atomic E-state index is 12.4. The van der Waals surface area contributed by atoms with Gasteiger partial charge < -0.3 is 14.6 Å². The smallest absolute Gasteiger partial charge is 0.347 e. The van der Waals surface area contributed by atoms with Crippen LogP contribution in [-0.4, -0.2) is 29.3 Å². The molecule has 5 nitrogen and oxygen atoms in total. The average molecular weight is 370 g/mol. The van der Waals surface area contributed by atoms with E-state index in [1.54, 1.807) is 19.1 Å². The lowest BCUT2D eigenvalue weighted by Crippen LogP contribution is -2.37. The molecule has 5 heteroatoms. The van der Waals surface area contributed by atoms with Crippen molar-refractivity contribution in [3.63, 3.8) is 0 Å². The monoisotopic (exact) mass is 370 g/mol. The maximum absolute atomic E-state index is 12.4. The second-order valence-corrected chi connectivity index (χ2v) is 6.90. The molecule has 0 saturated heterocycles. The molecule has 0 heterocycles. The molecular weight excluding hydrogens is 344 g/mol. The number of carboxylic acid groups (broad SMARTS) is 1. The summed E-state index contributed by atoms with van der Waals surface area (Å²) in [6.07, 6.45) is 1.14. The molecule has 0 aliphatic heterocycles. The fraction of sp³-hybridized carbons (Fsp3) is 0.364. The number of rotatable bonds is 9. The molecular formula is C22H26O5. The number of hydrogen-bond donors (Lipinski definition) is 1. The maximum Gasteiger partial charge on any atom is 0.347 e. The Kier molecular flexibility index (Phi) is 6.99. The molecule has 0 saturated carbocycles. The van der Waals surface area contributed by atoms with Crippen molar-refractivity contribution < 1.29 is 24.2 Å². The Bertz CT molecular complexity index is 750. The molecule has 2 aromatic rings. The summed E-state index contributed by atoms with van der Waals surface area (Å²) in [6.45, 7) is 5.15. The molecule has 0 aromatic heterocycles. The van der Waals surface area contributed by atoms with Crippen LogP contribution in [0.15, 0.2) is 54.6 Å².